The molecule has 0 unspecified atom stereocenters. The lowest BCUT2D eigenvalue weighted by Gasteiger charge is -2.05. The van der Waals surface area contributed by atoms with Crippen LogP contribution in [0.5, 0.6) is 0 Å². The fourth-order valence-electron chi connectivity index (χ4n) is 1.43. The summed E-state index contributed by atoms with van der Waals surface area (Å²) in [4.78, 5) is 11.4. The molecule has 0 aliphatic carbocycles. The van der Waals surface area contributed by atoms with E-state index >= 15 is 0 Å². The fourth-order valence-corrected chi connectivity index (χ4v) is 1.43. The van der Waals surface area contributed by atoms with E-state index in [1.165, 1.54) is 0 Å². The molecule has 0 aliphatic rings. The van der Waals surface area contributed by atoms with E-state index in [1.54, 1.807) is 0 Å². The molecule has 0 N–H and O–H groups in total. The molecule has 0 spiro atoms. The minimum absolute atomic E-state index is 0.220. The Labute approximate surface area is 99.6 Å². The molecule has 0 aromatic heterocycles. The summed E-state index contributed by atoms with van der Waals surface area (Å²) in [6.45, 7) is 2.36. The maximum Gasteiger partial charge on any atom is 0.341 e. The summed E-state index contributed by atoms with van der Waals surface area (Å²) < 4.78 is 30.7. The smallest absolute Gasteiger partial charge is 0.341 e. The van der Waals surface area contributed by atoms with E-state index in [2.05, 4.69) is 6.92 Å². The summed E-state index contributed by atoms with van der Waals surface area (Å²) in [5.41, 5.74) is -0.220. The predicted molar refractivity (Wildman–Crippen MR) is 60.8 cm³/mol. The molecule has 0 saturated carbocycles. The van der Waals surface area contributed by atoms with Crippen LogP contribution in [-0.4, -0.2) is 12.6 Å². The number of ether oxygens (including phenoxy) is 1. The second kappa shape index (κ2) is 6.99. The standard InChI is InChI=1S/C13H16F2O2/c1-2-3-4-5-8-17-13(16)11-7-6-10(14)9-12(11)15/h6-7,9H,2-5,8H2,1H3. The minimum Gasteiger partial charge on any atom is -0.462 e. The van der Waals surface area contributed by atoms with Crippen molar-refractivity contribution >= 4 is 5.97 Å². The Balaban J connectivity index is 2.42. The Hall–Kier alpha value is -1.45. The lowest BCUT2D eigenvalue weighted by Crippen LogP contribution is -2.08. The van der Waals surface area contributed by atoms with Crippen molar-refractivity contribution in [3.05, 3.63) is 35.4 Å². The monoisotopic (exact) mass is 242 g/mol. The molecule has 2 nitrogen and oxygen atoms in total. The van der Waals surface area contributed by atoms with E-state index < -0.39 is 17.6 Å². The summed E-state index contributed by atoms with van der Waals surface area (Å²) in [5.74, 6) is -2.33. The van der Waals surface area contributed by atoms with Crippen molar-refractivity contribution in [2.75, 3.05) is 6.61 Å². The van der Waals surface area contributed by atoms with E-state index in [-0.39, 0.29) is 12.2 Å². The van der Waals surface area contributed by atoms with Crippen molar-refractivity contribution in [1.29, 1.82) is 0 Å². The molecular weight excluding hydrogens is 226 g/mol. The van der Waals surface area contributed by atoms with E-state index in [4.69, 9.17) is 4.74 Å². The molecular formula is C13H16F2O2. The summed E-state index contributed by atoms with van der Waals surface area (Å²) in [5, 5.41) is 0. The predicted octanol–water partition coefficient (Wildman–Crippen LogP) is 3.70. The minimum atomic E-state index is -0.886. The summed E-state index contributed by atoms with van der Waals surface area (Å²) >= 11 is 0. The van der Waals surface area contributed by atoms with E-state index in [1.807, 2.05) is 0 Å². The van der Waals surface area contributed by atoms with Gasteiger partial charge in [-0.2, -0.15) is 0 Å². The highest BCUT2D eigenvalue weighted by Gasteiger charge is 2.13. The van der Waals surface area contributed by atoms with Crippen molar-refractivity contribution in [2.45, 2.75) is 32.6 Å². The van der Waals surface area contributed by atoms with Crippen LogP contribution in [0, 0.1) is 11.6 Å². The lowest BCUT2D eigenvalue weighted by atomic mass is 10.2. The van der Waals surface area contributed by atoms with Crippen LogP contribution in [0.4, 0.5) is 8.78 Å². The van der Waals surface area contributed by atoms with Crippen LogP contribution in [-0.2, 0) is 4.74 Å². The highest BCUT2D eigenvalue weighted by Crippen LogP contribution is 2.11. The number of hydrogen-bond acceptors (Lipinski definition) is 2. The summed E-state index contributed by atoms with van der Waals surface area (Å²) in [6, 6.07) is 2.81. The number of hydrogen-bond donors (Lipinski definition) is 0. The van der Waals surface area contributed by atoms with E-state index in [0.29, 0.717) is 6.07 Å². The molecule has 0 amide bonds. The molecule has 1 rings (SSSR count). The number of esters is 1. The molecule has 0 bridgehead atoms. The molecule has 0 saturated heterocycles. The molecule has 0 fully saturated rings. The van der Waals surface area contributed by atoms with Crippen LogP contribution < -0.4 is 0 Å². The number of halogens is 2. The topological polar surface area (TPSA) is 26.3 Å². The van der Waals surface area contributed by atoms with Gasteiger partial charge in [0.15, 0.2) is 0 Å². The van der Waals surface area contributed by atoms with Gasteiger partial charge in [0.2, 0.25) is 0 Å². The third-order valence-electron chi connectivity index (χ3n) is 2.38. The van der Waals surface area contributed by atoms with Crippen molar-refractivity contribution in [2.24, 2.45) is 0 Å². The zero-order chi connectivity index (χ0) is 12.7. The molecule has 0 atom stereocenters. The van der Waals surface area contributed by atoms with Crippen LogP contribution in [0.15, 0.2) is 18.2 Å². The van der Waals surface area contributed by atoms with Gasteiger partial charge in [0, 0.05) is 6.07 Å². The van der Waals surface area contributed by atoms with Crippen LogP contribution in [0.3, 0.4) is 0 Å². The molecule has 0 aliphatic heterocycles. The number of carbonyl (C=O) groups is 1. The molecule has 0 radical (unpaired) electrons. The van der Waals surface area contributed by atoms with Gasteiger partial charge in [-0.25, -0.2) is 13.6 Å². The highest BCUT2D eigenvalue weighted by atomic mass is 19.1. The quantitative estimate of drug-likeness (QED) is 0.561. The molecule has 1 aromatic carbocycles. The van der Waals surface area contributed by atoms with Gasteiger partial charge in [-0.1, -0.05) is 26.2 Å². The number of benzene rings is 1. The van der Waals surface area contributed by atoms with Crippen molar-refractivity contribution < 1.29 is 18.3 Å². The van der Waals surface area contributed by atoms with E-state index in [9.17, 15) is 13.6 Å². The zero-order valence-corrected chi connectivity index (χ0v) is 9.84. The van der Waals surface area contributed by atoms with Crippen molar-refractivity contribution in [3.8, 4) is 0 Å². The van der Waals surface area contributed by atoms with Crippen LogP contribution in [0.1, 0.15) is 43.0 Å². The Bertz CT molecular complexity index is 378. The Kier molecular flexibility index (Phi) is 5.60. The van der Waals surface area contributed by atoms with Gasteiger partial charge in [0.1, 0.15) is 11.6 Å². The van der Waals surface area contributed by atoms with Gasteiger partial charge in [-0.15, -0.1) is 0 Å². The third-order valence-corrected chi connectivity index (χ3v) is 2.38. The van der Waals surface area contributed by atoms with Crippen molar-refractivity contribution in [1.82, 2.24) is 0 Å². The average Bonchev–Trinajstić information content (AvgIpc) is 2.28. The Morgan fingerprint density at radius 1 is 1.24 bits per heavy atom. The normalized spacial score (nSPS) is 10.3. The van der Waals surface area contributed by atoms with E-state index in [0.717, 1.165) is 37.8 Å². The largest absolute Gasteiger partial charge is 0.462 e. The summed E-state index contributed by atoms with van der Waals surface area (Å²) in [7, 11) is 0. The average molecular weight is 242 g/mol. The Morgan fingerprint density at radius 3 is 2.65 bits per heavy atom. The zero-order valence-electron chi connectivity index (χ0n) is 9.84. The number of rotatable bonds is 6. The van der Waals surface area contributed by atoms with Crippen LogP contribution in [0.2, 0.25) is 0 Å². The first-order valence-electron chi connectivity index (χ1n) is 5.77. The first-order valence-corrected chi connectivity index (χ1v) is 5.77. The fraction of sp³-hybridized carbons (Fsp3) is 0.462. The maximum atomic E-state index is 13.2. The number of carbonyl (C=O) groups excluding carboxylic acids is 1. The second-order valence-electron chi connectivity index (χ2n) is 3.82. The molecule has 4 heteroatoms. The van der Waals surface area contributed by atoms with Crippen LogP contribution in [0.25, 0.3) is 0 Å². The SMILES string of the molecule is CCCCCCOC(=O)c1ccc(F)cc1F. The van der Waals surface area contributed by atoms with Gasteiger partial charge in [0.05, 0.1) is 12.2 Å². The van der Waals surface area contributed by atoms with Gasteiger partial charge in [-0.3, -0.25) is 0 Å². The molecule has 17 heavy (non-hydrogen) atoms. The maximum absolute atomic E-state index is 13.2. The summed E-state index contributed by atoms with van der Waals surface area (Å²) in [6.07, 6.45) is 3.93. The van der Waals surface area contributed by atoms with Gasteiger partial charge in [-0.05, 0) is 18.6 Å². The van der Waals surface area contributed by atoms with Gasteiger partial charge in [0.25, 0.3) is 0 Å². The van der Waals surface area contributed by atoms with Gasteiger partial charge >= 0.3 is 5.97 Å². The lowest BCUT2D eigenvalue weighted by molar-refractivity contribution is 0.0492. The van der Waals surface area contributed by atoms with Crippen LogP contribution >= 0.6 is 0 Å². The second-order valence-corrected chi connectivity index (χ2v) is 3.82. The highest BCUT2D eigenvalue weighted by molar-refractivity contribution is 5.89. The first kappa shape index (κ1) is 13.6. The molecule has 1 aromatic rings. The van der Waals surface area contributed by atoms with Crippen molar-refractivity contribution in [3.63, 3.8) is 0 Å². The molecule has 0 heterocycles. The van der Waals surface area contributed by atoms with Gasteiger partial charge < -0.3 is 4.74 Å². The Morgan fingerprint density at radius 2 is 2.00 bits per heavy atom. The third kappa shape index (κ3) is 4.51. The molecule has 94 valence electrons. The number of unbranched alkanes of at least 4 members (excludes halogenated alkanes) is 3. The first-order chi connectivity index (χ1) is 8.15.